The molecule has 0 radical (unpaired) electrons. The first-order valence-electron chi connectivity index (χ1n) is 6.44. The van der Waals surface area contributed by atoms with Gasteiger partial charge in [-0.3, -0.25) is 10.8 Å². The molecular formula is C14H19N3O2S. The molecule has 0 aromatic carbocycles. The first kappa shape index (κ1) is 14.8. The van der Waals surface area contributed by atoms with Gasteiger partial charge in [-0.2, -0.15) is 0 Å². The van der Waals surface area contributed by atoms with Gasteiger partial charge in [-0.15, -0.1) is 11.3 Å². The van der Waals surface area contributed by atoms with Crippen molar-refractivity contribution in [2.24, 2.45) is 5.84 Å². The number of ether oxygens (including phenoxy) is 2. The largest absolute Gasteiger partial charge is 0.496 e. The third kappa shape index (κ3) is 3.47. The normalized spacial score (nSPS) is 12.2. The van der Waals surface area contributed by atoms with Gasteiger partial charge >= 0.3 is 0 Å². The molecule has 2 heterocycles. The minimum atomic E-state index is -0.124. The Morgan fingerprint density at radius 3 is 2.85 bits per heavy atom. The van der Waals surface area contributed by atoms with E-state index in [0.29, 0.717) is 6.61 Å². The smallest absolute Gasteiger partial charge is 0.137 e. The van der Waals surface area contributed by atoms with Crippen LogP contribution in [0.25, 0.3) is 0 Å². The van der Waals surface area contributed by atoms with Gasteiger partial charge < -0.3 is 9.47 Å². The van der Waals surface area contributed by atoms with Crippen LogP contribution in [0.2, 0.25) is 0 Å². The summed E-state index contributed by atoms with van der Waals surface area (Å²) in [6.07, 6.45) is 4.46. The quantitative estimate of drug-likeness (QED) is 0.606. The zero-order valence-corrected chi connectivity index (χ0v) is 12.4. The summed E-state index contributed by atoms with van der Waals surface area (Å²) in [6, 6.07) is 3.80. The highest BCUT2D eigenvalue weighted by Gasteiger charge is 2.16. The van der Waals surface area contributed by atoms with E-state index in [-0.39, 0.29) is 6.04 Å². The van der Waals surface area contributed by atoms with Crippen LogP contribution >= 0.6 is 11.3 Å². The van der Waals surface area contributed by atoms with Crippen LogP contribution in [-0.2, 0) is 0 Å². The molecule has 3 N–H and O–H groups in total. The number of pyridine rings is 1. The first-order valence-corrected chi connectivity index (χ1v) is 7.32. The highest BCUT2D eigenvalue weighted by molar-refractivity contribution is 7.10. The molecule has 6 heteroatoms. The SMILES string of the molecule is CCCOc1cncc(C(NN)c2cc(OC)cs2)c1. The zero-order chi connectivity index (χ0) is 14.4. The molecule has 0 aliphatic rings. The molecule has 2 rings (SSSR count). The molecule has 0 aliphatic heterocycles. The fourth-order valence-corrected chi connectivity index (χ4v) is 2.77. The predicted octanol–water partition coefficient (Wildman–Crippen LogP) is 2.49. The van der Waals surface area contributed by atoms with Crippen molar-refractivity contribution in [3.05, 3.63) is 40.3 Å². The van der Waals surface area contributed by atoms with Crippen molar-refractivity contribution in [3.8, 4) is 11.5 Å². The van der Waals surface area contributed by atoms with E-state index < -0.39 is 0 Å². The maximum Gasteiger partial charge on any atom is 0.137 e. The van der Waals surface area contributed by atoms with Crippen molar-refractivity contribution in [2.75, 3.05) is 13.7 Å². The van der Waals surface area contributed by atoms with Gasteiger partial charge in [0.05, 0.1) is 26.0 Å². The van der Waals surface area contributed by atoms with Crippen LogP contribution in [0.3, 0.4) is 0 Å². The summed E-state index contributed by atoms with van der Waals surface area (Å²) in [5.41, 5.74) is 3.78. The standard InChI is InChI=1S/C14H19N3O2S/c1-3-4-19-11-5-10(7-16-8-11)14(17-15)13-6-12(18-2)9-20-13/h5-9,14,17H,3-4,15H2,1-2H3. The van der Waals surface area contributed by atoms with E-state index in [1.54, 1.807) is 30.8 Å². The van der Waals surface area contributed by atoms with Gasteiger partial charge in [0, 0.05) is 16.5 Å². The Balaban J connectivity index is 2.22. The number of rotatable bonds is 7. The number of nitrogens with zero attached hydrogens (tertiary/aromatic N) is 1. The van der Waals surface area contributed by atoms with Crippen molar-refractivity contribution in [3.63, 3.8) is 0 Å². The van der Waals surface area contributed by atoms with Crippen molar-refractivity contribution < 1.29 is 9.47 Å². The van der Waals surface area contributed by atoms with Crippen molar-refractivity contribution in [2.45, 2.75) is 19.4 Å². The van der Waals surface area contributed by atoms with Gasteiger partial charge in [-0.05, 0) is 24.1 Å². The summed E-state index contributed by atoms with van der Waals surface area (Å²) >= 11 is 1.59. The molecule has 20 heavy (non-hydrogen) atoms. The van der Waals surface area contributed by atoms with E-state index in [0.717, 1.165) is 28.4 Å². The molecule has 0 aliphatic carbocycles. The van der Waals surface area contributed by atoms with E-state index in [9.17, 15) is 0 Å². The minimum absolute atomic E-state index is 0.124. The summed E-state index contributed by atoms with van der Waals surface area (Å²) in [5, 5.41) is 1.95. The lowest BCUT2D eigenvalue weighted by Gasteiger charge is -2.15. The zero-order valence-electron chi connectivity index (χ0n) is 11.6. The number of aromatic nitrogens is 1. The Hall–Kier alpha value is -1.63. The van der Waals surface area contributed by atoms with Crippen molar-refractivity contribution >= 4 is 11.3 Å². The third-order valence-corrected chi connectivity index (χ3v) is 3.80. The fourth-order valence-electron chi connectivity index (χ4n) is 1.83. The Labute approximate surface area is 122 Å². The summed E-state index contributed by atoms with van der Waals surface area (Å²) in [4.78, 5) is 5.28. The number of hydrogen-bond acceptors (Lipinski definition) is 6. The van der Waals surface area contributed by atoms with E-state index in [2.05, 4.69) is 17.3 Å². The predicted molar refractivity (Wildman–Crippen MR) is 80.1 cm³/mol. The van der Waals surface area contributed by atoms with Gasteiger partial charge in [0.1, 0.15) is 11.5 Å². The molecular weight excluding hydrogens is 274 g/mol. The van der Waals surface area contributed by atoms with Crippen LogP contribution in [-0.4, -0.2) is 18.7 Å². The lowest BCUT2D eigenvalue weighted by atomic mass is 10.1. The third-order valence-electron chi connectivity index (χ3n) is 2.82. The average Bonchev–Trinajstić information content (AvgIpc) is 2.95. The molecule has 1 unspecified atom stereocenters. The maximum absolute atomic E-state index is 5.68. The van der Waals surface area contributed by atoms with Crippen LogP contribution in [0.1, 0.15) is 29.8 Å². The van der Waals surface area contributed by atoms with Gasteiger partial charge in [-0.25, -0.2) is 5.43 Å². The summed E-state index contributed by atoms with van der Waals surface area (Å²) in [5.74, 6) is 7.27. The summed E-state index contributed by atoms with van der Waals surface area (Å²) in [6.45, 7) is 2.75. The Morgan fingerprint density at radius 1 is 1.35 bits per heavy atom. The van der Waals surface area contributed by atoms with Crippen LogP contribution in [0.4, 0.5) is 0 Å². The molecule has 0 amide bonds. The molecule has 2 aromatic rings. The number of hydrazine groups is 1. The second-order valence-corrected chi connectivity index (χ2v) is 5.23. The van der Waals surface area contributed by atoms with Crippen molar-refractivity contribution in [1.82, 2.24) is 10.4 Å². The van der Waals surface area contributed by atoms with Crippen LogP contribution in [0.15, 0.2) is 29.9 Å². The summed E-state index contributed by atoms with van der Waals surface area (Å²) < 4.78 is 10.8. The Morgan fingerprint density at radius 2 is 2.20 bits per heavy atom. The lowest BCUT2D eigenvalue weighted by molar-refractivity contribution is 0.315. The van der Waals surface area contributed by atoms with Gasteiger partial charge in [0.2, 0.25) is 0 Å². The molecule has 5 nitrogen and oxygen atoms in total. The number of thiophene rings is 1. The van der Waals surface area contributed by atoms with Crippen LogP contribution < -0.4 is 20.7 Å². The van der Waals surface area contributed by atoms with Gasteiger partial charge in [0.15, 0.2) is 0 Å². The van der Waals surface area contributed by atoms with Crippen LogP contribution in [0.5, 0.6) is 11.5 Å². The van der Waals surface area contributed by atoms with E-state index in [4.69, 9.17) is 15.3 Å². The molecule has 108 valence electrons. The molecule has 0 saturated carbocycles. The number of methoxy groups -OCH3 is 1. The summed E-state index contributed by atoms with van der Waals surface area (Å²) in [7, 11) is 1.65. The highest BCUT2D eigenvalue weighted by Crippen LogP contribution is 2.31. The average molecular weight is 293 g/mol. The highest BCUT2D eigenvalue weighted by atomic mass is 32.1. The topological polar surface area (TPSA) is 69.4 Å². The monoisotopic (exact) mass is 293 g/mol. The van der Waals surface area contributed by atoms with Gasteiger partial charge in [0.25, 0.3) is 0 Å². The van der Waals surface area contributed by atoms with Crippen LogP contribution in [0, 0.1) is 0 Å². The maximum atomic E-state index is 5.68. The fraction of sp³-hybridized carbons (Fsp3) is 0.357. The molecule has 0 fully saturated rings. The molecule has 1 atom stereocenters. The number of nitrogens with two attached hydrogens (primary N) is 1. The number of nitrogens with one attached hydrogen (secondary N) is 1. The van der Waals surface area contributed by atoms with E-state index >= 15 is 0 Å². The minimum Gasteiger partial charge on any atom is -0.496 e. The lowest BCUT2D eigenvalue weighted by Crippen LogP contribution is -2.28. The Bertz CT molecular complexity index is 545. The molecule has 0 bridgehead atoms. The second-order valence-electron chi connectivity index (χ2n) is 4.29. The first-order chi connectivity index (χ1) is 9.78. The van der Waals surface area contributed by atoms with Crippen molar-refractivity contribution in [1.29, 1.82) is 0 Å². The Kier molecular flexibility index (Phi) is 5.34. The van der Waals surface area contributed by atoms with E-state index in [1.807, 2.05) is 17.5 Å². The number of hydrogen-bond donors (Lipinski definition) is 2. The molecule has 0 saturated heterocycles. The molecule has 2 aromatic heterocycles. The van der Waals surface area contributed by atoms with E-state index in [1.165, 1.54) is 0 Å². The second kappa shape index (κ2) is 7.23. The molecule has 0 spiro atoms. The van der Waals surface area contributed by atoms with Gasteiger partial charge in [-0.1, -0.05) is 6.92 Å².